The number of aryl methyl sites for hydroxylation is 1. The smallest absolute Gasteiger partial charge is 0.306 e. The van der Waals surface area contributed by atoms with Crippen molar-refractivity contribution in [1.29, 1.82) is 0 Å². The van der Waals surface area contributed by atoms with E-state index >= 15 is 0 Å². The number of ketones is 2. The number of benzene rings is 1. The molecule has 34 heavy (non-hydrogen) atoms. The van der Waals surface area contributed by atoms with Crippen molar-refractivity contribution in [1.82, 2.24) is 0 Å². The summed E-state index contributed by atoms with van der Waals surface area (Å²) < 4.78 is 5.44. The van der Waals surface area contributed by atoms with Gasteiger partial charge in [-0.1, -0.05) is 49.8 Å². The third-order valence-corrected chi connectivity index (χ3v) is 10.2. The number of fused-ring (bicyclic) bond motifs is 5. The number of allylic oxidation sites excluding steroid dienone is 1. The molecule has 1 aromatic carbocycles. The van der Waals surface area contributed by atoms with Crippen molar-refractivity contribution >= 4 is 17.5 Å². The minimum atomic E-state index is -0.285. The Morgan fingerprint density at radius 2 is 1.76 bits per heavy atom. The van der Waals surface area contributed by atoms with Gasteiger partial charge in [-0.15, -0.1) is 0 Å². The Labute approximate surface area is 203 Å². The lowest BCUT2D eigenvalue weighted by molar-refractivity contribution is -0.151. The highest BCUT2D eigenvalue weighted by molar-refractivity contribution is 5.91. The van der Waals surface area contributed by atoms with E-state index in [1.807, 2.05) is 36.4 Å². The van der Waals surface area contributed by atoms with Gasteiger partial charge in [-0.25, -0.2) is 0 Å². The van der Waals surface area contributed by atoms with Crippen LogP contribution in [0.3, 0.4) is 0 Å². The first-order valence-corrected chi connectivity index (χ1v) is 13.3. The summed E-state index contributed by atoms with van der Waals surface area (Å²) in [6.45, 7) is 4.65. The standard InChI is InChI=1S/C30H38O4/c1-29-16-14-22(31)18-21(29)9-10-23-24-11-12-26(30(24,2)17-15-25(23)29)27(32)19-34-28(33)13-8-20-6-4-3-5-7-20/h3-7,18,23-26H,8-17,19H2,1-2H3/t23-,24-,25-,26+,29+,30-/m1/s1. The Morgan fingerprint density at radius 1 is 0.971 bits per heavy atom. The maximum atomic E-state index is 13.2. The van der Waals surface area contributed by atoms with Crippen molar-refractivity contribution in [3.8, 4) is 0 Å². The van der Waals surface area contributed by atoms with Crippen molar-refractivity contribution in [3.05, 3.63) is 47.5 Å². The maximum absolute atomic E-state index is 13.2. The molecule has 3 fully saturated rings. The molecular weight excluding hydrogens is 424 g/mol. The number of rotatable bonds is 6. The summed E-state index contributed by atoms with van der Waals surface area (Å²) in [6, 6.07) is 9.90. The Balaban J connectivity index is 1.20. The molecule has 4 heteroatoms. The van der Waals surface area contributed by atoms with Crippen LogP contribution in [-0.4, -0.2) is 24.1 Å². The van der Waals surface area contributed by atoms with Gasteiger partial charge in [0, 0.05) is 18.8 Å². The highest BCUT2D eigenvalue weighted by Crippen LogP contribution is 2.66. The molecule has 0 unspecified atom stereocenters. The molecule has 0 amide bonds. The first-order valence-electron chi connectivity index (χ1n) is 13.3. The van der Waals surface area contributed by atoms with Crippen LogP contribution in [0.1, 0.15) is 77.2 Å². The van der Waals surface area contributed by atoms with Crippen molar-refractivity contribution in [2.45, 2.75) is 78.1 Å². The summed E-state index contributed by atoms with van der Waals surface area (Å²) in [5, 5.41) is 0. The van der Waals surface area contributed by atoms with E-state index in [2.05, 4.69) is 13.8 Å². The summed E-state index contributed by atoms with van der Waals surface area (Å²) in [4.78, 5) is 37.6. The first kappa shape index (κ1) is 23.5. The molecule has 3 saturated carbocycles. The summed E-state index contributed by atoms with van der Waals surface area (Å²) in [7, 11) is 0. The molecule has 0 aromatic heterocycles. The number of carbonyl (C=O) groups is 3. The van der Waals surface area contributed by atoms with Gasteiger partial charge in [0.2, 0.25) is 0 Å². The van der Waals surface area contributed by atoms with E-state index in [1.54, 1.807) is 0 Å². The number of hydrogen-bond acceptors (Lipinski definition) is 4. The van der Waals surface area contributed by atoms with E-state index in [9.17, 15) is 14.4 Å². The molecule has 0 N–H and O–H groups in total. The largest absolute Gasteiger partial charge is 0.458 e. The Kier molecular flexibility index (Phi) is 6.29. The summed E-state index contributed by atoms with van der Waals surface area (Å²) in [6.07, 6.45) is 11.0. The predicted molar refractivity (Wildman–Crippen MR) is 131 cm³/mol. The SMILES string of the molecule is C[C@@]12CC[C@@H]3[C@H](CCC4=CC(=O)CC[C@@]43C)[C@H]1CC[C@H]2C(=O)COC(=O)CCc1ccccc1. The van der Waals surface area contributed by atoms with Crippen molar-refractivity contribution in [3.63, 3.8) is 0 Å². The number of hydrogen-bond donors (Lipinski definition) is 0. The van der Waals surface area contributed by atoms with E-state index in [4.69, 9.17) is 4.74 Å². The van der Waals surface area contributed by atoms with Gasteiger partial charge >= 0.3 is 5.97 Å². The van der Waals surface area contributed by atoms with Gasteiger partial charge in [-0.05, 0) is 91.6 Å². The van der Waals surface area contributed by atoms with Crippen molar-refractivity contribution in [2.75, 3.05) is 6.61 Å². The summed E-state index contributed by atoms with van der Waals surface area (Å²) in [5.41, 5.74) is 2.67. The third-order valence-electron chi connectivity index (χ3n) is 10.2. The zero-order chi connectivity index (χ0) is 23.9. The van der Waals surface area contributed by atoms with Crippen LogP contribution in [0, 0.1) is 34.5 Å². The summed E-state index contributed by atoms with van der Waals surface area (Å²) in [5.74, 6) is 1.96. The van der Waals surface area contributed by atoms with Crippen LogP contribution in [0.5, 0.6) is 0 Å². The van der Waals surface area contributed by atoms with Crippen molar-refractivity contribution < 1.29 is 19.1 Å². The zero-order valence-corrected chi connectivity index (χ0v) is 20.7. The quantitative estimate of drug-likeness (QED) is 0.495. The number of ether oxygens (including phenoxy) is 1. The fourth-order valence-electron chi connectivity index (χ4n) is 8.30. The topological polar surface area (TPSA) is 60.4 Å². The zero-order valence-electron chi connectivity index (χ0n) is 20.7. The second kappa shape index (κ2) is 9.09. The van der Waals surface area contributed by atoms with Crippen LogP contribution < -0.4 is 0 Å². The van der Waals surface area contributed by atoms with Crippen LogP contribution in [0.2, 0.25) is 0 Å². The monoisotopic (exact) mass is 462 g/mol. The van der Waals surface area contributed by atoms with Crippen LogP contribution in [0.4, 0.5) is 0 Å². The molecule has 0 aliphatic heterocycles. The highest BCUT2D eigenvalue weighted by atomic mass is 16.5. The number of carbonyl (C=O) groups excluding carboxylic acids is 3. The minimum absolute atomic E-state index is 0.00180. The lowest BCUT2D eigenvalue weighted by atomic mass is 9.46. The summed E-state index contributed by atoms with van der Waals surface area (Å²) >= 11 is 0. The maximum Gasteiger partial charge on any atom is 0.306 e. The molecule has 0 saturated heterocycles. The average Bonchev–Trinajstić information content (AvgIpc) is 3.19. The fourth-order valence-corrected chi connectivity index (χ4v) is 8.30. The molecule has 4 nitrogen and oxygen atoms in total. The molecule has 6 atom stereocenters. The normalized spacial score (nSPS) is 36.6. The van der Waals surface area contributed by atoms with Crippen molar-refractivity contribution in [2.24, 2.45) is 34.5 Å². The van der Waals surface area contributed by atoms with E-state index < -0.39 is 0 Å². The molecule has 4 aliphatic carbocycles. The molecule has 4 aliphatic rings. The predicted octanol–water partition coefficient (Wildman–Crippen LogP) is 5.88. The van der Waals surface area contributed by atoms with Gasteiger partial charge in [0.15, 0.2) is 11.6 Å². The van der Waals surface area contributed by atoms with Crippen LogP contribution in [0.25, 0.3) is 0 Å². The van der Waals surface area contributed by atoms with Gasteiger partial charge < -0.3 is 4.74 Å². The molecule has 182 valence electrons. The van der Waals surface area contributed by atoms with Gasteiger partial charge in [0.05, 0.1) is 0 Å². The van der Waals surface area contributed by atoms with E-state index in [-0.39, 0.29) is 35.1 Å². The molecule has 0 bridgehead atoms. The first-order chi connectivity index (χ1) is 16.3. The second-order valence-corrected chi connectivity index (χ2v) is 11.8. The van der Waals surface area contributed by atoms with Gasteiger partial charge in [0.1, 0.15) is 6.61 Å². The molecule has 0 spiro atoms. The molecule has 0 heterocycles. The highest BCUT2D eigenvalue weighted by Gasteiger charge is 2.60. The van der Waals surface area contributed by atoms with Crippen LogP contribution in [-0.2, 0) is 25.5 Å². The second-order valence-electron chi connectivity index (χ2n) is 11.8. The average molecular weight is 463 g/mol. The Bertz CT molecular complexity index is 994. The fraction of sp³-hybridized carbons (Fsp3) is 0.633. The lowest BCUT2D eigenvalue weighted by Crippen LogP contribution is -2.51. The van der Waals surface area contributed by atoms with E-state index in [0.717, 1.165) is 50.5 Å². The molecule has 0 radical (unpaired) electrons. The van der Waals surface area contributed by atoms with Gasteiger partial charge in [-0.3, -0.25) is 14.4 Å². The molecular formula is C30H38O4. The lowest BCUT2D eigenvalue weighted by Gasteiger charge is -2.58. The van der Waals surface area contributed by atoms with E-state index in [0.29, 0.717) is 42.8 Å². The van der Waals surface area contributed by atoms with Crippen LogP contribution >= 0.6 is 0 Å². The number of esters is 1. The minimum Gasteiger partial charge on any atom is -0.458 e. The molecule has 5 rings (SSSR count). The Morgan fingerprint density at radius 3 is 2.56 bits per heavy atom. The Hall–Kier alpha value is -2.23. The molecule has 1 aromatic rings. The van der Waals surface area contributed by atoms with Gasteiger partial charge in [0.25, 0.3) is 0 Å². The van der Waals surface area contributed by atoms with E-state index in [1.165, 1.54) is 5.57 Å². The third kappa shape index (κ3) is 4.07. The van der Waals surface area contributed by atoms with Crippen LogP contribution in [0.15, 0.2) is 42.0 Å². The van der Waals surface area contributed by atoms with Gasteiger partial charge in [-0.2, -0.15) is 0 Å². The number of Topliss-reactive ketones (excluding diaryl/α,β-unsaturated/α-hetero) is 1.